The van der Waals surface area contributed by atoms with Crippen LogP contribution < -0.4 is 10.1 Å². The van der Waals surface area contributed by atoms with Crippen molar-refractivity contribution in [3.8, 4) is 5.75 Å². The van der Waals surface area contributed by atoms with E-state index in [1.54, 1.807) is 0 Å². The normalized spacial score (nSPS) is 18.9. The summed E-state index contributed by atoms with van der Waals surface area (Å²) >= 11 is 0. The van der Waals surface area contributed by atoms with Crippen LogP contribution in [0.5, 0.6) is 5.75 Å². The average Bonchev–Trinajstić information content (AvgIpc) is 2.75. The van der Waals surface area contributed by atoms with E-state index in [-0.39, 0.29) is 5.91 Å². The van der Waals surface area contributed by atoms with Gasteiger partial charge in [0.15, 0.2) is 0 Å². The zero-order chi connectivity index (χ0) is 13.1. The van der Waals surface area contributed by atoms with Crippen molar-refractivity contribution in [1.29, 1.82) is 0 Å². The summed E-state index contributed by atoms with van der Waals surface area (Å²) in [7, 11) is 0. The smallest absolute Gasteiger partial charge is 0.253 e. The number of ether oxygens (including phenoxy) is 1. The molecule has 0 unspecified atom stereocenters. The van der Waals surface area contributed by atoms with Crippen LogP contribution in [0.4, 0.5) is 0 Å². The Hall–Kier alpha value is -1.81. The van der Waals surface area contributed by atoms with E-state index < -0.39 is 0 Å². The quantitative estimate of drug-likeness (QED) is 0.825. The molecule has 1 fully saturated rings. The Morgan fingerprint density at radius 1 is 1.21 bits per heavy atom. The first kappa shape index (κ1) is 12.2. The molecule has 4 heteroatoms. The maximum absolute atomic E-state index is 12.5. The van der Waals surface area contributed by atoms with Gasteiger partial charge in [-0.1, -0.05) is 18.2 Å². The van der Waals surface area contributed by atoms with Crippen molar-refractivity contribution in [2.75, 3.05) is 32.8 Å². The number of nitrogens with zero attached hydrogens (tertiary/aromatic N) is 1. The van der Waals surface area contributed by atoms with Crippen LogP contribution >= 0.6 is 0 Å². The number of carbonyl (C=O) groups excluding carboxylic acids is 1. The van der Waals surface area contributed by atoms with Crippen molar-refractivity contribution in [3.63, 3.8) is 0 Å². The Bertz CT molecular complexity index is 503. The maximum atomic E-state index is 12.5. The average molecular weight is 258 g/mol. The number of amides is 1. The lowest BCUT2D eigenvalue weighted by Gasteiger charge is -2.24. The SMILES string of the molecule is O=C(C1=Cc2ccccc2OC1)N1CCCNCC1. The van der Waals surface area contributed by atoms with E-state index in [2.05, 4.69) is 5.32 Å². The second kappa shape index (κ2) is 5.45. The fraction of sp³-hybridized carbons (Fsp3) is 0.400. The summed E-state index contributed by atoms with van der Waals surface area (Å²) in [6.07, 6.45) is 2.97. The van der Waals surface area contributed by atoms with Crippen molar-refractivity contribution in [3.05, 3.63) is 35.4 Å². The second-order valence-corrected chi connectivity index (χ2v) is 4.89. The van der Waals surface area contributed by atoms with Gasteiger partial charge in [0.2, 0.25) is 0 Å². The molecule has 0 aromatic heterocycles. The van der Waals surface area contributed by atoms with Crippen LogP contribution in [-0.2, 0) is 4.79 Å². The number of benzene rings is 1. The van der Waals surface area contributed by atoms with Gasteiger partial charge in [-0.05, 0) is 25.1 Å². The highest BCUT2D eigenvalue weighted by molar-refractivity contribution is 5.99. The number of para-hydroxylation sites is 1. The topological polar surface area (TPSA) is 41.6 Å². The van der Waals surface area contributed by atoms with E-state index in [1.165, 1.54) is 0 Å². The summed E-state index contributed by atoms with van der Waals surface area (Å²) in [6.45, 7) is 3.83. The zero-order valence-corrected chi connectivity index (χ0v) is 10.9. The standard InChI is InChI=1S/C15H18N2O2/c18-15(17-8-3-6-16-7-9-17)13-10-12-4-1-2-5-14(12)19-11-13/h1-2,4-5,10,16H,3,6-9,11H2. The Morgan fingerprint density at radius 2 is 2.11 bits per heavy atom. The van der Waals surface area contributed by atoms with Crippen LogP contribution in [0.3, 0.4) is 0 Å². The Kier molecular flexibility index (Phi) is 3.51. The van der Waals surface area contributed by atoms with E-state index in [1.807, 2.05) is 35.2 Å². The molecule has 0 saturated carbocycles. The molecule has 2 aliphatic rings. The Morgan fingerprint density at radius 3 is 3.05 bits per heavy atom. The van der Waals surface area contributed by atoms with Crippen LogP contribution in [0.2, 0.25) is 0 Å². The van der Waals surface area contributed by atoms with E-state index in [9.17, 15) is 4.79 Å². The third-order valence-electron chi connectivity index (χ3n) is 3.53. The fourth-order valence-corrected chi connectivity index (χ4v) is 2.49. The molecule has 0 aliphatic carbocycles. The number of hydrogen-bond acceptors (Lipinski definition) is 3. The van der Waals surface area contributed by atoms with Crippen LogP contribution in [0.15, 0.2) is 29.8 Å². The minimum atomic E-state index is 0.109. The highest BCUT2D eigenvalue weighted by atomic mass is 16.5. The first-order valence-electron chi connectivity index (χ1n) is 6.77. The zero-order valence-electron chi connectivity index (χ0n) is 10.9. The molecule has 100 valence electrons. The van der Waals surface area contributed by atoms with Gasteiger partial charge < -0.3 is 15.0 Å². The molecule has 0 spiro atoms. The van der Waals surface area contributed by atoms with Gasteiger partial charge >= 0.3 is 0 Å². The molecule has 4 nitrogen and oxygen atoms in total. The third-order valence-corrected chi connectivity index (χ3v) is 3.53. The van der Waals surface area contributed by atoms with Crippen LogP contribution in [0, 0.1) is 0 Å². The molecule has 2 heterocycles. The van der Waals surface area contributed by atoms with Crippen LogP contribution in [-0.4, -0.2) is 43.6 Å². The summed E-state index contributed by atoms with van der Waals surface area (Å²) < 4.78 is 5.65. The number of rotatable bonds is 1. The highest BCUT2D eigenvalue weighted by Gasteiger charge is 2.22. The molecule has 19 heavy (non-hydrogen) atoms. The molecule has 1 saturated heterocycles. The van der Waals surface area contributed by atoms with E-state index in [4.69, 9.17) is 4.74 Å². The van der Waals surface area contributed by atoms with E-state index in [0.29, 0.717) is 6.61 Å². The van der Waals surface area contributed by atoms with Crippen LogP contribution in [0.1, 0.15) is 12.0 Å². The van der Waals surface area contributed by atoms with Crippen molar-refractivity contribution in [2.24, 2.45) is 0 Å². The lowest BCUT2D eigenvalue weighted by molar-refractivity contribution is -0.127. The number of fused-ring (bicyclic) bond motifs is 1. The predicted octanol–water partition coefficient (Wildman–Crippen LogP) is 1.28. The number of hydrogen-bond donors (Lipinski definition) is 1. The molecule has 1 aromatic rings. The second-order valence-electron chi connectivity index (χ2n) is 4.89. The van der Waals surface area contributed by atoms with Gasteiger partial charge in [0, 0.05) is 25.2 Å². The van der Waals surface area contributed by atoms with Gasteiger partial charge in [-0.3, -0.25) is 4.79 Å². The van der Waals surface area contributed by atoms with Crippen molar-refractivity contribution in [1.82, 2.24) is 10.2 Å². The Balaban J connectivity index is 1.79. The molecule has 0 bridgehead atoms. The maximum Gasteiger partial charge on any atom is 0.253 e. The molecule has 1 N–H and O–H groups in total. The van der Waals surface area contributed by atoms with Crippen LogP contribution in [0.25, 0.3) is 6.08 Å². The fourth-order valence-electron chi connectivity index (χ4n) is 2.49. The van der Waals surface area contributed by atoms with Gasteiger partial charge in [-0.25, -0.2) is 0 Å². The predicted molar refractivity (Wildman–Crippen MR) is 74.0 cm³/mol. The first-order chi connectivity index (χ1) is 9.34. The molecule has 0 radical (unpaired) electrons. The van der Waals surface area contributed by atoms with Gasteiger partial charge in [-0.15, -0.1) is 0 Å². The molecule has 3 rings (SSSR count). The molecule has 1 amide bonds. The minimum absolute atomic E-state index is 0.109. The molecular weight excluding hydrogens is 240 g/mol. The van der Waals surface area contributed by atoms with E-state index in [0.717, 1.165) is 49.5 Å². The summed E-state index contributed by atoms with van der Waals surface area (Å²) in [5.74, 6) is 0.967. The van der Waals surface area contributed by atoms with Crippen molar-refractivity contribution < 1.29 is 9.53 Å². The Labute approximate surface area is 113 Å². The molecular formula is C15H18N2O2. The minimum Gasteiger partial charge on any atom is -0.488 e. The summed E-state index contributed by atoms with van der Waals surface area (Å²) in [4.78, 5) is 14.4. The molecule has 2 aliphatic heterocycles. The van der Waals surface area contributed by atoms with Gasteiger partial charge in [0.25, 0.3) is 5.91 Å². The summed E-state index contributed by atoms with van der Waals surface area (Å²) in [5.41, 5.74) is 1.74. The van der Waals surface area contributed by atoms with Crippen molar-refractivity contribution >= 4 is 12.0 Å². The van der Waals surface area contributed by atoms with E-state index >= 15 is 0 Å². The monoisotopic (exact) mass is 258 g/mol. The molecule has 0 atom stereocenters. The summed E-state index contributed by atoms with van der Waals surface area (Å²) in [5, 5.41) is 3.31. The van der Waals surface area contributed by atoms with Gasteiger partial charge in [0.1, 0.15) is 12.4 Å². The summed E-state index contributed by atoms with van der Waals surface area (Å²) in [6, 6.07) is 7.82. The number of carbonyl (C=O) groups is 1. The van der Waals surface area contributed by atoms with Gasteiger partial charge in [0.05, 0.1) is 5.57 Å². The van der Waals surface area contributed by atoms with Gasteiger partial charge in [-0.2, -0.15) is 0 Å². The largest absolute Gasteiger partial charge is 0.488 e. The third kappa shape index (κ3) is 2.63. The first-order valence-corrected chi connectivity index (χ1v) is 6.77. The molecule has 1 aromatic carbocycles. The lowest BCUT2D eigenvalue weighted by Crippen LogP contribution is -2.36. The highest BCUT2D eigenvalue weighted by Crippen LogP contribution is 2.26. The number of nitrogens with one attached hydrogen (secondary N) is 1. The lowest BCUT2D eigenvalue weighted by atomic mass is 10.1. The van der Waals surface area contributed by atoms with Crippen molar-refractivity contribution in [2.45, 2.75) is 6.42 Å².